The van der Waals surface area contributed by atoms with Crippen LogP contribution in [0.1, 0.15) is 49.9 Å². The Kier molecular flexibility index (Phi) is 4.24. The third-order valence-corrected chi connectivity index (χ3v) is 4.32. The Morgan fingerprint density at radius 1 is 1.04 bits per heavy atom. The number of hydrogen-bond donors (Lipinski definition) is 0. The molecule has 0 radical (unpaired) electrons. The minimum atomic E-state index is -0.914. The number of imide groups is 1. The second kappa shape index (κ2) is 6.23. The summed E-state index contributed by atoms with van der Waals surface area (Å²) in [5.41, 5.74) is 0.194. The molecule has 0 fully saturated rings. The number of ketones is 1. The minimum Gasteiger partial charge on any atom is -0.424 e. The van der Waals surface area contributed by atoms with E-state index in [1.54, 1.807) is 0 Å². The molecule has 3 rings (SSSR count). The molecule has 1 aliphatic carbocycles. The van der Waals surface area contributed by atoms with Gasteiger partial charge >= 0.3 is 5.97 Å². The van der Waals surface area contributed by atoms with Crippen molar-refractivity contribution in [3.8, 4) is 5.75 Å². The van der Waals surface area contributed by atoms with Crippen molar-refractivity contribution in [1.82, 2.24) is 0 Å². The fourth-order valence-electron chi connectivity index (χ4n) is 3.22. The first kappa shape index (κ1) is 17.0. The molecule has 0 spiro atoms. The van der Waals surface area contributed by atoms with E-state index in [2.05, 4.69) is 0 Å². The zero-order chi connectivity index (χ0) is 18.3. The molecule has 0 saturated heterocycles. The molecule has 1 heterocycles. The lowest BCUT2D eigenvalue weighted by atomic mass is 9.93. The molecule has 0 bridgehead atoms. The molecule has 130 valence electrons. The molecule has 1 aliphatic heterocycles. The highest BCUT2D eigenvalue weighted by molar-refractivity contribution is 6.33. The Hall–Kier alpha value is -2.83. The van der Waals surface area contributed by atoms with Crippen molar-refractivity contribution in [2.24, 2.45) is 0 Å². The van der Waals surface area contributed by atoms with Gasteiger partial charge in [-0.1, -0.05) is 0 Å². The fraction of sp³-hybridized carbons (Fsp3) is 0.333. The second-order valence-electron chi connectivity index (χ2n) is 6.03. The van der Waals surface area contributed by atoms with Crippen LogP contribution in [0.2, 0.25) is 0 Å². The zero-order valence-corrected chi connectivity index (χ0v) is 13.8. The topological polar surface area (TPSA) is 80.8 Å². The van der Waals surface area contributed by atoms with Crippen molar-refractivity contribution in [2.45, 2.75) is 39.5 Å². The summed E-state index contributed by atoms with van der Waals surface area (Å²) in [5.74, 6) is -3.81. The van der Waals surface area contributed by atoms with Crippen LogP contribution in [-0.4, -0.2) is 23.6 Å². The maximum atomic E-state index is 14.6. The number of esters is 1. The Morgan fingerprint density at radius 2 is 1.60 bits per heavy atom. The van der Waals surface area contributed by atoms with Crippen LogP contribution >= 0.6 is 0 Å². The van der Waals surface area contributed by atoms with E-state index in [1.165, 1.54) is 6.92 Å². The lowest BCUT2D eigenvalue weighted by molar-refractivity contribution is -0.132. The average Bonchev–Trinajstić information content (AvgIpc) is 2.79. The van der Waals surface area contributed by atoms with Gasteiger partial charge in [0, 0.05) is 18.1 Å². The summed E-state index contributed by atoms with van der Waals surface area (Å²) in [5, 5.41) is 0. The molecule has 25 heavy (non-hydrogen) atoms. The molecule has 0 aromatic heterocycles. The highest BCUT2D eigenvalue weighted by Crippen LogP contribution is 2.42. The van der Waals surface area contributed by atoms with Gasteiger partial charge in [0.1, 0.15) is 5.69 Å². The largest absolute Gasteiger partial charge is 0.424 e. The molecule has 2 aliphatic rings. The second-order valence-corrected chi connectivity index (χ2v) is 6.03. The van der Waals surface area contributed by atoms with Crippen molar-refractivity contribution >= 4 is 29.3 Å². The molecule has 0 saturated carbocycles. The standard InChI is InChI=1S/C18H16FNO5/c1-9(21)11-7-8-14(19)15(16(11)25-10(2)22)20-17(23)12-5-3-4-6-13(12)18(20)24/h7-8H,3-6H2,1-2H3. The van der Waals surface area contributed by atoms with Crippen LogP contribution in [0.3, 0.4) is 0 Å². The molecule has 2 amide bonds. The summed E-state index contributed by atoms with van der Waals surface area (Å²) >= 11 is 0. The quantitative estimate of drug-likeness (QED) is 0.364. The molecule has 1 aromatic rings. The van der Waals surface area contributed by atoms with Gasteiger partial charge in [0.25, 0.3) is 11.8 Å². The Balaban J connectivity index is 2.19. The van der Waals surface area contributed by atoms with Gasteiger partial charge in [-0.25, -0.2) is 9.29 Å². The van der Waals surface area contributed by atoms with Crippen LogP contribution in [0.4, 0.5) is 10.1 Å². The van der Waals surface area contributed by atoms with Crippen LogP contribution in [-0.2, 0) is 14.4 Å². The number of ether oxygens (including phenoxy) is 1. The summed E-state index contributed by atoms with van der Waals surface area (Å²) in [4.78, 5) is 49.3. The number of anilines is 1. The van der Waals surface area contributed by atoms with Gasteiger partial charge in [-0.15, -0.1) is 0 Å². The van der Waals surface area contributed by atoms with E-state index in [9.17, 15) is 23.6 Å². The molecule has 0 N–H and O–H groups in total. The summed E-state index contributed by atoms with van der Waals surface area (Å²) in [7, 11) is 0. The van der Waals surface area contributed by atoms with Crippen LogP contribution in [0, 0.1) is 5.82 Å². The smallest absolute Gasteiger partial charge is 0.308 e. The van der Waals surface area contributed by atoms with E-state index in [4.69, 9.17) is 4.74 Å². The number of halogens is 1. The summed E-state index contributed by atoms with van der Waals surface area (Å²) in [6.07, 6.45) is 2.46. The number of rotatable bonds is 3. The van der Waals surface area contributed by atoms with Crippen molar-refractivity contribution in [1.29, 1.82) is 0 Å². The normalized spacial score (nSPS) is 17.0. The third-order valence-electron chi connectivity index (χ3n) is 4.32. The van der Waals surface area contributed by atoms with E-state index in [-0.39, 0.29) is 5.56 Å². The summed E-state index contributed by atoms with van der Waals surface area (Å²) in [6, 6.07) is 2.15. The number of benzene rings is 1. The number of carbonyl (C=O) groups is 4. The third kappa shape index (κ3) is 2.75. The molecule has 1 aromatic carbocycles. The van der Waals surface area contributed by atoms with Gasteiger partial charge < -0.3 is 4.74 Å². The van der Waals surface area contributed by atoms with E-state index in [1.807, 2.05) is 0 Å². The molecule has 7 heteroatoms. The number of Topliss-reactive ketones (excluding diaryl/α,β-unsaturated/α-hetero) is 1. The van der Waals surface area contributed by atoms with E-state index >= 15 is 0 Å². The lowest BCUT2D eigenvalue weighted by Crippen LogP contribution is -2.33. The maximum absolute atomic E-state index is 14.6. The van der Waals surface area contributed by atoms with Crippen molar-refractivity contribution in [3.63, 3.8) is 0 Å². The summed E-state index contributed by atoms with van der Waals surface area (Å²) in [6.45, 7) is 2.32. The summed E-state index contributed by atoms with van der Waals surface area (Å²) < 4.78 is 19.6. The maximum Gasteiger partial charge on any atom is 0.308 e. The van der Waals surface area contributed by atoms with Crippen LogP contribution in [0.5, 0.6) is 5.75 Å². The Bertz CT molecular complexity index is 827. The van der Waals surface area contributed by atoms with Crippen molar-refractivity contribution < 1.29 is 28.3 Å². The predicted molar refractivity (Wildman–Crippen MR) is 85.7 cm³/mol. The monoisotopic (exact) mass is 345 g/mol. The van der Waals surface area contributed by atoms with Crippen molar-refractivity contribution in [2.75, 3.05) is 4.90 Å². The van der Waals surface area contributed by atoms with Gasteiger partial charge in [0.05, 0.1) is 5.56 Å². The molecule has 0 unspecified atom stereocenters. The van der Waals surface area contributed by atoms with Crippen molar-refractivity contribution in [3.05, 3.63) is 34.7 Å². The first-order valence-electron chi connectivity index (χ1n) is 7.95. The van der Waals surface area contributed by atoms with E-state index < -0.39 is 40.8 Å². The van der Waals surface area contributed by atoms with Crippen LogP contribution < -0.4 is 9.64 Å². The zero-order valence-electron chi connectivity index (χ0n) is 13.8. The number of amides is 2. The lowest BCUT2D eigenvalue weighted by Gasteiger charge is -2.20. The number of carbonyl (C=O) groups excluding carboxylic acids is 4. The molecule has 0 atom stereocenters. The highest BCUT2D eigenvalue weighted by atomic mass is 19.1. The first-order chi connectivity index (χ1) is 11.8. The number of nitrogens with zero attached hydrogens (tertiary/aromatic N) is 1. The fourth-order valence-corrected chi connectivity index (χ4v) is 3.22. The predicted octanol–water partition coefficient (Wildman–Crippen LogP) is 2.70. The van der Waals surface area contributed by atoms with Gasteiger partial charge in [0.2, 0.25) is 0 Å². The highest BCUT2D eigenvalue weighted by Gasteiger charge is 2.42. The average molecular weight is 345 g/mol. The first-order valence-corrected chi connectivity index (χ1v) is 7.95. The van der Waals surface area contributed by atoms with Gasteiger partial charge in [-0.3, -0.25) is 19.2 Å². The molecule has 6 nitrogen and oxygen atoms in total. The van der Waals surface area contributed by atoms with Crippen LogP contribution in [0.25, 0.3) is 0 Å². The minimum absolute atomic E-state index is 0.0722. The Morgan fingerprint density at radius 3 is 2.08 bits per heavy atom. The van der Waals surface area contributed by atoms with E-state index in [0.717, 1.165) is 31.9 Å². The molecular weight excluding hydrogens is 329 g/mol. The number of hydrogen-bond acceptors (Lipinski definition) is 5. The van der Waals surface area contributed by atoms with E-state index in [0.29, 0.717) is 28.9 Å². The van der Waals surface area contributed by atoms with Gasteiger partial charge in [0.15, 0.2) is 17.3 Å². The van der Waals surface area contributed by atoms with Gasteiger partial charge in [-0.2, -0.15) is 0 Å². The SMILES string of the molecule is CC(=O)Oc1c(C(C)=O)ccc(F)c1N1C(=O)C2=C(CCCC2)C1=O. The Labute approximate surface area is 143 Å². The van der Waals surface area contributed by atoms with Crippen LogP contribution in [0.15, 0.2) is 23.3 Å². The molecular formula is C18H16FNO5. The van der Waals surface area contributed by atoms with Gasteiger partial charge in [-0.05, 0) is 44.7 Å².